The predicted octanol–water partition coefficient (Wildman–Crippen LogP) is 1.79. The maximum atomic E-state index is 11.6. The molecule has 5 heteroatoms. The number of ether oxygens (including phenoxy) is 1. The largest absolute Gasteiger partial charge is 0.481 e. The Morgan fingerprint density at radius 2 is 1.85 bits per heavy atom. The Hall–Kier alpha value is -1.88. The van der Waals surface area contributed by atoms with Crippen LogP contribution in [0.2, 0.25) is 0 Å². The predicted molar refractivity (Wildman–Crippen MR) is 75.5 cm³/mol. The first-order chi connectivity index (χ1) is 9.29. The van der Waals surface area contributed by atoms with E-state index < -0.39 is 17.5 Å². The van der Waals surface area contributed by atoms with Crippen molar-refractivity contribution >= 4 is 11.9 Å². The Morgan fingerprint density at radius 3 is 2.35 bits per heavy atom. The van der Waals surface area contributed by atoms with E-state index in [2.05, 4.69) is 5.32 Å². The zero-order valence-electron chi connectivity index (χ0n) is 12.1. The summed E-state index contributed by atoms with van der Waals surface area (Å²) < 4.78 is 5.33. The highest BCUT2D eigenvalue weighted by Crippen LogP contribution is 2.14. The smallest absolute Gasteiger partial charge is 0.312 e. The molecule has 0 aliphatic carbocycles. The second kappa shape index (κ2) is 7.05. The summed E-state index contributed by atoms with van der Waals surface area (Å²) in [5.41, 5.74) is 0.264. The van der Waals surface area contributed by atoms with Crippen molar-refractivity contribution in [2.45, 2.75) is 32.3 Å². The lowest BCUT2D eigenvalue weighted by molar-refractivity contribution is -0.139. The van der Waals surface area contributed by atoms with Gasteiger partial charge >= 0.3 is 5.97 Å². The van der Waals surface area contributed by atoms with Gasteiger partial charge in [0.1, 0.15) is 6.61 Å². The van der Waals surface area contributed by atoms with E-state index in [0.717, 1.165) is 0 Å². The topological polar surface area (TPSA) is 75.6 Å². The Balaban J connectivity index is 2.52. The minimum Gasteiger partial charge on any atom is -0.481 e. The van der Waals surface area contributed by atoms with Gasteiger partial charge in [0.25, 0.3) is 0 Å². The van der Waals surface area contributed by atoms with Crippen molar-refractivity contribution in [1.82, 2.24) is 5.32 Å². The molecule has 0 aliphatic rings. The molecule has 1 unspecified atom stereocenters. The number of nitrogens with one attached hydrogen (secondary N) is 1. The number of hydrogen-bond acceptors (Lipinski definition) is 3. The fraction of sp³-hybridized carbons (Fsp3) is 0.467. The van der Waals surface area contributed by atoms with Gasteiger partial charge in [-0.2, -0.15) is 0 Å². The van der Waals surface area contributed by atoms with Crippen LogP contribution in [0.25, 0.3) is 0 Å². The molecule has 0 fully saturated rings. The lowest BCUT2D eigenvalue weighted by Crippen LogP contribution is -2.36. The summed E-state index contributed by atoms with van der Waals surface area (Å²) in [4.78, 5) is 22.9. The van der Waals surface area contributed by atoms with Crippen LogP contribution in [-0.4, -0.2) is 35.7 Å². The van der Waals surface area contributed by atoms with E-state index in [1.54, 1.807) is 24.3 Å². The van der Waals surface area contributed by atoms with Crippen LogP contribution in [0.5, 0.6) is 0 Å². The second-order valence-corrected chi connectivity index (χ2v) is 5.51. The lowest BCUT2D eigenvalue weighted by atomic mass is 9.99. The molecule has 0 aromatic heterocycles. The molecule has 0 spiro atoms. The van der Waals surface area contributed by atoms with Gasteiger partial charge in [-0.05, 0) is 26.3 Å². The number of hydrogen-bond donors (Lipinski definition) is 2. The van der Waals surface area contributed by atoms with Gasteiger partial charge in [0.2, 0.25) is 5.91 Å². The van der Waals surface area contributed by atoms with Crippen LogP contribution in [0.4, 0.5) is 0 Å². The molecule has 110 valence electrons. The number of amides is 1. The van der Waals surface area contributed by atoms with Gasteiger partial charge in [-0.15, -0.1) is 0 Å². The fourth-order valence-electron chi connectivity index (χ4n) is 1.58. The standard InChI is InChI=1S/C15H21NO4/c1-15(2,3)20-10-13(17)16-9-12(14(18)19)11-7-5-4-6-8-11/h4-8,12H,9-10H2,1-3H3,(H,16,17)(H,18,19). The molecule has 0 saturated carbocycles. The number of carbonyl (C=O) groups is 2. The second-order valence-electron chi connectivity index (χ2n) is 5.51. The third kappa shape index (κ3) is 5.84. The summed E-state index contributed by atoms with van der Waals surface area (Å²) in [5.74, 6) is -2.04. The highest BCUT2D eigenvalue weighted by molar-refractivity contribution is 5.80. The van der Waals surface area contributed by atoms with Gasteiger partial charge < -0.3 is 15.2 Å². The molecular weight excluding hydrogens is 258 g/mol. The first-order valence-electron chi connectivity index (χ1n) is 6.48. The van der Waals surface area contributed by atoms with E-state index >= 15 is 0 Å². The zero-order chi connectivity index (χ0) is 15.2. The molecule has 0 radical (unpaired) electrons. The van der Waals surface area contributed by atoms with Crippen LogP contribution < -0.4 is 5.32 Å². The molecule has 1 aromatic carbocycles. The first-order valence-corrected chi connectivity index (χ1v) is 6.48. The molecule has 1 atom stereocenters. The Labute approximate surface area is 118 Å². The molecular formula is C15H21NO4. The van der Waals surface area contributed by atoms with Crippen LogP contribution in [-0.2, 0) is 14.3 Å². The first kappa shape index (κ1) is 16.2. The third-order valence-electron chi connectivity index (χ3n) is 2.64. The van der Waals surface area contributed by atoms with E-state index in [9.17, 15) is 14.7 Å². The summed E-state index contributed by atoms with van der Waals surface area (Å²) in [6.07, 6.45) is 0. The molecule has 1 aromatic rings. The average molecular weight is 279 g/mol. The van der Waals surface area contributed by atoms with Crippen LogP contribution >= 0.6 is 0 Å². The van der Waals surface area contributed by atoms with E-state index in [4.69, 9.17) is 4.74 Å². The van der Waals surface area contributed by atoms with Crippen LogP contribution in [0, 0.1) is 0 Å². The lowest BCUT2D eigenvalue weighted by Gasteiger charge is -2.19. The molecule has 0 bridgehead atoms. The summed E-state index contributed by atoms with van der Waals surface area (Å²) in [6.45, 7) is 5.52. The minimum atomic E-state index is -0.965. The molecule has 5 nitrogen and oxygen atoms in total. The van der Waals surface area contributed by atoms with Crippen molar-refractivity contribution in [1.29, 1.82) is 0 Å². The molecule has 20 heavy (non-hydrogen) atoms. The Morgan fingerprint density at radius 1 is 1.25 bits per heavy atom. The van der Waals surface area contributed by atoms with E-state index in [1.807, 2.05) is 26.8 Å². The van der Waals surface area contributed by atoms with Gasteiger partial charge in [-0.3, -0.25) is 9.59 Å². The number of carboxylic acid groups (broad SMARTS) is 1. The number of carbonyl (C=O) groups excluding carboxylic acids is 1. The van der Waals surface area contributed by atoms with Crippen molar-refractivity contribution < 1.29 is 19.4 Å². The summed E-state index contributed by atoms with van der Waals surface area (Å²) in [7, 11) is 0. The molecule has 0 aliphatic heterocycles. The molecule has 1 amide bonds. The molecule has 1 rings (SSSR count). The van der Waals surface area contributed by atoms with Gasteiger partial charge in [-0.1, -0.05) is 30.3 Å². The Kier molecular flexibility index (Phi) is 5.70. The van der Waals surface area contributed by atoms with Gasteiger partial charge in [0.15, 0.2) is 0 Å². The van der Waals surface area contributed by atoms with Crippen molar-refractivity contribution in [3.8, 4) is 0 Å². The molecule has 2 N–H and O–H groups in total. The zero-order valence-corrected chi connectivity index (χ0v) is 12.1. The van der Waals surface area contributed by atoms with Gasteiger partial charge in [-0.25, -0.2) is 0 Å². The maximum Gasteiger partial charge on any atom is 0.312 e. The normalized spacial score (nSPS) is 12.8. The van der Waals surface area contributed by atoms with Gasteiger partial charge in [0, 0.05) is 6.54 Å². The quantitative estimate of drug-likeness (QED) is 0.832. The van der Waals surface area contributed by atoms with E-state index in [-0.39, 0.29) is 19.1 Å². The number of benzene rings is 1. The third-order valence-corrected chi connectivity index (χ3v) is 2.64. The highest BCUT2D eigenvalue weighted by Gasteiger charge is 2.21. The summed E-state index contributed by atoms with van der Waals surface area (Å²) in [6, 6.07) is 8.83. The highest BCUT2D eigenvalue weighted by atomic mass is 16.5. The van der Waals surface area contributed by atoms with Crippen LogP contribution in [0.3, 0.4) is 0 Å². The van der Waals surface area contributed by atoms with Crippen LogP contribution in [0.15, 0.2) is 30.3 Å². The summed E-state index contributed by atoms with van der Waals surface area (Å²) in [5, 5.41) is 11.8. The van der Waals surface area contributed by atoms with Crippen LogP contribution in [0.1, 0.15) is 32.3 Å². The molecule has 0 saturated heterocycles. The number of carboxylic acids is 1. The van der Waals surface area contributed by atoms with Crippen molar-refractivity contribution in [3.05, 3.63) is 35.9 Å². The summed E-state index contributed by atoms with van der Waals surface area (Å²) >= 11 is 0. The van der Waals surface area contributed by atoms with Gasteiger partial charge in [0.05, 0.1) is 11.5 Å². The monoisotopic (exact) mass is 279 g/mol. The number of rotatable bonds is 6. The maximum absolute atomic E-state index is 11.6. The number of aliphatic carboxylic acids is 1. The van der Waals surface area contributed by atoms with Crippen molar-refractivity contribution in [2.75, 3.05) is 13.2 Å². The Bertz CT molecular complexity index is 451. The van der Waals surface area contributed by atoms with E-state index in [0.29, 0.717) is 5.56 Å². The SMILES string of the molecule is CC(C)(C)OCC(=O)NCC(C(=O)O)c1ccccc1. The average Bonchev–Trinajstić information content (AvgIpc) is 2.36. The molecule has 0 heterocycles. The van der Waals surface area contributed by atoms with Crippen molar-refractivity contribution in [3.63, 3.8) is 0 Å². The van der Waals surface area contributed by atoms with Crippen molar-refractivity contribution in [2.24, 2.45) is 0 Å². The van der Waals surface area contributed by atoms with E-state index in [1.165, 1.54) is 0 Å². The minimum absolute atomic E-state index is 0.0473. The fourth-order valence-corrected chi connectivity index (χ4v) is 1.58.